The minimum Gasteiger partial charge on any atom is -0.339 e. The maximum atomic E-state index is 12.6. The number of nitrogens with zero attached hydrogens (tertiary/aromatic N) is 3. The molecule has 0 aromatic carbocycles. The zero-order valence-corrected chi connectivity index (χ0v) is 15.5. The van der Waals surface area contributed by atoms with E-state index in [4.69, 9.17) is 0 Å². The maximum absolute atomic E-state index is 12.6. The van der Waals surface area contributed by atoms with Crippen LogP contribution in [0.25, 0.3) is 0 Å². The van der Waals surface area contributed by atoms with Gasteiger partial charge in [-0.05, 0) is 51.2 Å². The van der Waals surface area contributed by atoms with Crippen molar-refractivity contribution in [3.05, 3.63) is 22.4 Å². The first-order valence-corrected chi connectivity index (χ1v) is 9.73. The van der Waals surface area contributed by atoms with E-state index in [1.165, 1.54) is 0 Å². The average molecular weight is 350 g/mol. The molecule has 0 unspecified atom stereocenters. The van der Waals surface area contributed by atoms with E-state index < -0.39 is 0 Å². The number of likely N-dealkylation sites (N-methyl/N-ethyl adjacent to an activating group) is 1. The van der Waals surface area contributed by atoms with Crippen LogP contribution < -0.4 is 0 Å². The number of likely N-dealkylation sites (tertiary alicyclic amines) is 2. The number of carbonyl (C=O) groups is 2. The van der Waals surface area contributed by atoms with Crippen molar-refractivity contribution in [2.24, 2.45) is 0 Å². The van der Waals surface area contributed by atoms with Gasteiger partial charge in [-0.1, -0.05) is 0 Å². The summed E-state index contributed by atoms with van der Waals surface area (Å²) in [6, 6.07) is 1.90. The predicted octanol–water partition coefficient (Wildman–Crippen LogP) is 2.30. The van der Waals surface area contributed by atoms with E-state index in [1.807, 2.05) is 35.8 Å². The molecule has 0 aliphatic carbocycles. The Hall–Kier alpha value is -1.40. The molecule has 5 nitrogen and oxygen atoms in total. The molecular weight excluding hydrogens is 322 g/mol. The highest BCUT2D eigenvalue weighted by atomic mass is 32.1. The highest BCUT2D eigenvalue weighted by Crippen LogP contribution is 2.39. The molecule has 2 saturated heterocycles. The lowest BCUT2D eigenvalue weighted by atomic mass is 9.87. The Morgan fingerprint density at radius 1 is 1.29 bits per heavy atom. The summed E-state index contributed by atoms with van der Waals surface area (Å²) in [7, 11) is 4.09. The molecule has 2 fully saturated rings. The molecule has 0 saturated carbocycles. The van der Waals surface area contributed by atoms with Crippen molar-refractivity contribution >= 4 is 23.2 Å². The van der Waals surface area contributed by atoms with Crippen LogP contribution in [0.5, 0.6) is 0 Å². The molecule has 0 N–H and O–H groups in total. The smallest absolute Gasteiger partial charge is 0.254 e. The van der Waals surface area contributed by atoms with Crippen LogP contribution in [0, 0.1) is 0 Å². The van der Waals surface area contributed by atoms with Gasteiger partial charge in [0, 0.05) is 43.5 Å². The summed E-state index contributed by atoms with van der Waals surface area (Å²) in [4.78, 5) is 31.2. The zero-order chi connectivity index (χ0) is 17.2. The quantitative estimate of drug-likeness (QED) is 0.838. The summed E-state index contributed by atoms with van der Waals surface area (Å²) in [5.74, 6) is 0.423. The number of hydrogen-bond acceptors (Lipinski definition) is 4. The van der Waals surface area contributed by atoms with Crippen LogP contribution in [-0.2, 0) is 4.79 Å². The fourth-order valence-electron chi connectivity index (χ4n) is 4.01. The monoisotopic (exact) mass is 349 g/mol. The van der Waals surface area contributed by atoms with E-state index in [0.29, 0.717) is 6.42 Å². The third-order valence-electron chi connectivity index (χ3n) is 5.42. The van der Waals surface area contributed by atoms with Crippen LogP contribution in [-0.4, -0.2) is 72.3 Å². The van der Waals surface area contributed by atoms with E-state index in [2.05, 4.69) is 9.80 Å². The summed E-state index contributed by atoms with van der Waals surface area (Å²) in [5, 5.41) is 3.87. The standard InChI is InChI=1S/C18H27N3O2S/c1-19(2)11-12-21-16(22)4-7-18(21)6-3-9-20(10-8-18)17(23)15-5-13-24-14-15/h5,13-14H,3-4,6-12H2,1-2H3/t18-/m1/s1. The number of thiophene rings is 1. The van der Waals surface area contributed by atoms with Crippen molar-refractivity contribution in [2.45, 2.75) is 37.6 Å². The van der Waals surface area contributed by atoms with Crippen LogP contribution in [0.1, 0.15) is 42.5 Å². The average Bonchev–Trinajstić information content (AvgIpc) is 3.12. The Morgan fingerprint density at radius 3 is 2.83 bits per heavy atom. The molecule has 2 amide bonds. The predicted molar refractivity (Wildman–Crippen MR) is 96.3 cm³/mol. The van der Waals surface area contributed by atoms with Crippen LogP contribution in [0.4, 0.5) is 0 Å². The molecule has 6 heteroatoms. The van der Waals surface area contributed by atoms with Crippen LogP contribution in [0.3, 0.4) is 0 Å². The molecule has 3 rings (SSSR count). The topological polar surface area (TPSA) is 43.9 Å². The Balaban J connectivity index is 1.69. The van der Waals surface area contributed by atoms with Gasteiger partial charge in [-0.15, -0.1) is 0 Å². The second kappa shape index (κ2) is 7.23. The van der Waals surface area contributed by atoms with Crippen molar-refractivity contribution in [1.82, 2.24) is 14.7 Å². The molecule has 1 atom stereocenters. The van der Waals surface area contributed by atoms with Crippen LogP contribution >= 0.6 is 11.3 Å². The highest BCUT2D eigenvalue weighted by Gasteiger charge is 2.45. The summed E-state index contributed by atoms with van der Waals surface area (Å²) >= 11 is 1.56. The first-order valence-electron chi connectivity index (χ1n) is 8.78. The van der Waals surface area contributed by atoms with Crippen LogP contribution in [0.2, 0.25) is 0 Å². The van der Waals surface area contributed by atoms with Gasteiger partial charge < -0.3 is 14.7 Å². The normalized spacial score (nSPS) is 24.9. The summed E-state index contributed by atoms with van der Waals surface area (Å²) in [6.45, 7) is 3.24. The van der Waals surface area contributed by atoms with Gasteiger partial charge in [-0.2, -0.15) is 11.3 Å². The van der Waals surface area contributed by atoms with Gasteiger partial charge in [-0.25, -0.2) is 0 Å². The van der Waals surface area contributed by atoms with E-state index in [9.17, 15) is 9.59 Å². The lowest BCUT2D eigenvalue weighted by molar-refractivity contribution is -0.131. The van der Waals surface area contributed by atoms with E-state index >= 15 is 0 Å². The Labute approximate surface area is 148 Å². The second-order valence-corrected chi connectivity index (χ2v) is 8.01. The van der Waals surface area contributed by atoms with Crippen molar-refractivity contribution in [1.29, 1.82) is 0 Å². The maximum Gasteiger partial charge on any atom is 0.254 e. The first kappa shape index (κ1) is 17.4. The number of carbonyl (C=O) groups excluding carboxylic acids is 2. The minimum absolute atomic E-state index is 0.0310. The fourth-order valence-corrected chi connectivity index (χ4v) is 4.64. The lowest BCUT2D eigenvalue weighted by Crippen LogP contribution is -2.49. The Bertz CT molecular complexity index is 587. The first-order chi connectivity index (χ1) is 11.5. The molecule has 0 bridgehead atoms. The van der Waals surface area contributed by atoms with Gasteiger partial charge in [0.15, 0.2) is 0 Å². The van der Waals surface area contributed by atoms with Crippen molar-refractivity contribution in [3.63, 3.8) is 0 Å². The number of rotatable bonds is 4. The Morgan fingerprint density at radius 2 is 2.12 bits per heavy atom. The van der Waals surface area contributed by atoms with E-state index in [1.54, 1.807) is 11.3 Å². The molecule has 1 aromatic heterocycles. The van der Waals surface area contributed by atoms with Gasteiger partial charge in [0.25, 0.3) is 5.91 Å². The van der Waals surface area contributed by atoms with Crippen molar-refractivity contribution < 1.29 is 9.59 Å². The van der Waals surface area contributed by atoms with Gasteiger partial charge in [0.2, 0.25) is 5.91 Å². The van der Waals surface area contributed by atoms with Gasteiger partial charge >= 0.3 is 0 Å². The van der Waals surface area contributed by atoms with Gasteiger partial charge in [0.1, 0.15) is 0 Å². The highest BCUT2D eigenvalue weighted by molar-refractivity contribution is 7.08. The van der Waals surface area contributed by atoms with Gasteiger partial charge in [-0.3, -0.25) is 9.59 Å². The molecule has 132 valence electrons. The molecule has 24 heavy (non-hydrogen) atoms. The lowest BCUT2D eigenvalue weighted by Gasteiger charge is -2.38. The van der Waals surface area contributed by atoms with E-state index in [-0.39, 0.29) is 17.4 Å². The zero-order valence-electron chi connectivity index (χ0n) is 14.7. The summed E-state index contributed by atoms with van der Waals surface area (Å²) in [5.41, 5.74) is 0.763. The third kappa shape index (κ3) is 3.49. The number of amides is 2. The molecule has 3 heterocycles. The molecular formula is C18H27N3O2S. The molecule has 0 radical (unpaired) electrons. The molecule has 1 spiro atoms. The van der Waals surface area contributed by atoms with E-state index in [0.717, 1.165) is 57.4 Å². The van der Waals surface area contributed by atoms with Crippen molar-refractivity contribution in [2.75, 3.05) is 40.3 Å². The molecule has 2 aliphatic rings. The third-order valence-corrected chi connectivity index (χ3v) is 6.10. The summed E-state index contributed by atoms with van der Waals surface area (Å²) in [6.07, 6.45) is 4.49. The molecule has 2 aliphatic heterocycles. The van der Waals surface area contributed by atoms with Gasteiger partial charge in [0.05, 0.1) is 5.56 Å². The Kier molecular flexibility index (Phi) is 5.25. The number of hydrogen-bond donors (Lipinski definition) is 0. The minimum atomic E-state index is -0.0310. The largest absolute Gasteiger partial charge is 0.339 e. The van der Waals surface area contributed by atoms with Crippen molar-refractivity contribution in [3.8, 4) is 0 Å². The fraction of sp³-hybridized carbons (Fsp3) is 0.667. The second-order valence-electron chi connectivity index (χ2n) is 7.23. The van der Waals surface area contributed by atoms with Crippen LogP contribution in [0.15, 0.2) is 16.8 Å². The summed E-state index contributed by atoms with van der Waals surface area (Å²) < 4.78 is 0. The SMILES string of the molecule is CN(C)CCN1C(=O)CC[C@@]12CCCN(C(=O)c1ccsc1)CC2. The molecule has 1 aromatic rings.